The molecule has 0 aliphatic carbocycles. The summed E-state index contributed by atoms with van der Waals surface area (Å²) >= 11 is 0. The number of unbranched alkanes of at least 4 members (excludes halogenated alkanes) is 1. The van der Waals surface area contributed by atoms with E-state index in [1.54, 1.807) is 6.33 Å². The van der Waals surface area contributed by atoms with Gasteiger partial charge in [-0.05, 0) is 37.1 Å². The number of amides is 1. The highest BCUT2D eigenvalue weighted by atomic mass is 16.3. The Labute approximate surface area is 117 Å². The Kier molecular flexibility index (Phi) is 4.84. The Bertz CT molecular complexity index is 563. The number of rotatable bonds is 6. The summed E-state index contributed by atoms with van der Waals surface area (Å²) in [6.07, 6.45) is 3.41. The van der Waals surface area contributed by atoms with E-state index in [0.717, 1.165) is 17.1 Å². The molecule has 1 aromatic heterocycles. The standard InChI is InChI=1S/C14H18N4O2/c1-18-10-15-17-14(18)11-5-7-12(8-6-11)16-13(20)4-2-3-9-19/h5-8,10,19H,2-4,9H2,1H3,(H,16,20). The molecule has 0 spiro atoms. The van der Waals surface area contributed by atoms with Crippen LogP contribution in [0.1, 0.15) is 19.3 Å². The lowest BCUT2D eigenvalue weighted by molar-refractivity contribution is -0.116. The van der Waals surface area contributed by atoms with Crippen molar-refractivity contribution in [2.24, 2.45) is 7.05 Å². The molecule has 0 fully saturated rings. The van der Waals surface area contributed by atoms with Crippen molar-refractivity contribution in [3.63, 3.8) is 0 Å². The number of aliphatic hydroxyl groups excluding tert-OH is 1. The lowest BCUT2D eigenvalue weighted by Crippen LogP contribution is -2.11. The molecule has 1 amide bonds. The Hall–Kier alpha value is -2.21. The Morgan fingerprint density at radius 2 is 2.05 bits per heavy atom. The summed E-state index contributed by atoms with van der Waals surface area (Å²) in [5, 5.41) is 19.4. The van der Waals surface area contributed by atoms with Gasteiger partial charge in [0, 0.05) is 31.3 Å². The maximum absolute atomic E-state index is 11.6. The van der Waals surface area contributed by atoms with Crippen molar-refractivity contribution < 1.29 is 9.90 Å². The summed E-state index contributed by atoms with van der Waals surface area (Å²) in [4.78, 5) is 11.6. The first-order valence-electron chi connectivity index (χ1n) is 6.56. The molecule has 0 saturated heterocycles. The van der Waals surface area contributed by atoms with Crippen LogP contribution in [0, 0.1) is 0 Å². The third-order valence-corrected chi connectivity index (χ3v) is 2.95. The normalized spacial score (nSPS) is 10.5. The highest BCUT2D eigenvalue weighted by molar-refractivity contribution is 5.90. The summed E-state index contributed by atoms with van der Waals surface area (Å²) < 4.78 is 1.84. The van der Waals surface area contributed by atoms with Crippen molar-refractivity contribution in [2.45, 2.75) is 19.3 Å². The van der Waals surface area contributed by atoms with Crippen LogP contribution in [0.4, 0.5) is 5.69 Å². The molecule has 1 heterocycles. The van der Waals surface area contributed by atoms with Gasteiger partial charge < -0.3 is 15.0 Å². The Morgan fingerprint density at radius 1 is 1.30 bits per heavy atom. The maximum Gasteiger partial charge on any atom is 0.224 e. The molecule has 6 heteroatoms. The van der Waals surface area contributed by atoms with Gasteiger partial charge in [0.25, 0.3) is 0 Å². The minimum atomic E-state index is -0.0372. The molecule has 0 aliphatic heterocycles. The highest BCUT2D eigenvalue weighted by Gasteiger charge is 2.05. The SMILES string of the molecule is Cn1cnnc1-c1ccc(NC(=O)CCCCO)cc1. The van der Waals surface area contributed by atoms with Gasteiger partial charge in [-0.25, -0.2) is 0 Å². The molecule has 1 aromatic carbocycles. The summed E-state index contributed by atoms with van der Waals surface area (Å²) in [6, 6.07) is 7.47. The summed E-state index contributed by atoms with van der Waals surface area (Å²) in [6.45, 7) is 0.125. The van der Waals surface area contributed by atoms with Gasteiger partial charge in [0.05, 0.1) is 0 Å². The average Bonchev–Trinajstić information content (AvgIpc) is 2.86. The molecule has 0 saturated carbocycles. The zero-order valence-corrected chi connectivity index (χ0v) is 11.4. The monoisotopic (exact) mass is 274 g/mol. The van der Waals surface area contributed by atoms with Crippen LogP contribution in [0.15, 0.2) is 30.6 Å². The van der Waals surface area contributed by atoms with Gasteiger partial charge in [0.15, 0.2) is 5.82 Å². The topological polar surface area (TPSA) is 80.0 Å². The quantitative estimate of drug-likeness (QED) is 0.784. The molecule has 0 atom stereocenters. The first-order chi connectivity index (χ1) is 9.70. The zero-order chi connectivity index (χ0) is 14.4. The number of carbonyl (C=O) groups is 1. The van der Waals surface area contributed by atoms with E-state index in [1.165, 1.54) is 0 Å². The number of nitrogens with zero attached hydrogens (tertiary/aromatic N) is 3. The van der Waals surface area contributed by atoms with Crippen LogP contribution in [0.5, 0.6) is 0 Å². The molecule has 0 radical (unpaired) electrons. The molecule has 20 heavy (non-hydrogen) atoms. The van der Waals surface area contributed by atoms with Gasteiger partial charge >= 0.3 is 0 Å². The van der Waals surface area contributed by atoms with Crippen molar-refractivity contribution >= 4 is 11.6 Å². The predicted octanol–water partition coefficient (Wildman–Crippen LogP) is 1.58. The van der Waals surface area contributed by atoms with Crippen LogP contribution in [0.2, 0.25) is 0 Å². The average molecular weight is 274 g/mol. The molecule has 0 aliphatic rings. The lowest BCUT2D eigenvalue weighted by Gasteiger charge is -2.06. The number of benzene rings is 1. The van der Waals surface area contributed by atoms with Crippen LogP contribution in [-0.4, -0.2) is 32.4 Å². The molecular formula is C14H18N4O2. The number of aliphatic hydroxyl groups is 1. The van der Waals surface area contributed by atoms with Gasteiger partial charge in [0.2, 0.25) is 5.91 Å². The van der Waals surface area contributed by atoms with Gasteiger partial charge in [0.1, 0.15) is 6.33 Å². The van der Waals surface area contributed by atoms with Crippen molar-refractivity contribution in [3.05, 3.63) is 30.6 Å². The Balaban J connectivity index is 1.95. The highest BCUT2D eigenvalue weighted by Crippen LogP contribution is 2.18. The molecule has 0 unspecified atom stereocenters. The van der Waals surface area contributed by atoms with E-state index in [0.29, 0.717) is 19.3 Å². The summed E-state index contributed by atoms with van der Waals surface area (Å²) in [5.74, 6) is 0.746. The Morgan fingerprint density at radius 3 is 2.65 bits per heavy atom. The molecule has 0 bridgehead atoms. The van der Waals surface area contributed by atoms with Crippen molar-refractivity contribution in [1.82, 2.24) is 14.8 Å². The minimum Gasteiger partial charge on any atom is -0.396 e. The van der Waals surface area contributed by atoms with Gasteiger partial charge in [-0.1, -0.05) is 0 Å². The van der Waals surface area contributed by atoms with Crippen LogP contribution in [0.3, 0.4) is 0 Å². The fourth-order valence-electron chi connectivity index (χ4n) is 1.87. The van der Waals surface area contributed by atoms with Crippen LogP contribution in [0.25, 0.3) is 11.4 Å². The maximum atomic E-state index is 11.6. The van der Waals surface area contributed by atoms with E-state index >= 15 is 0 Å². The van der Waals surface area contributed by atoms with Gasteiger partial charge in [-0.15, -0.1) is 10.2 Å². The number of anilines is 1. The summed E-state index contributed by atoms with van der Waals surface area (Å²) in [5.41, 5.74) is 1.70. The second kappa shape index (κ2) is 6.81. The van der Waals surface area contributed by atoms with Crippen molar-refractivity contribution in [1.29, 1.82) is 0 Å². The number of carbonyl (C=O) groups excluding carboxylic acids is 1. The van der Waals surface area contributed by atoms with Crippen LogP contribution in [-0.2, 0) is 11.8 Å². The smallest absolute Gasteiger partial charge is 0.224 e. The molecular weight excluding hydrogens is 256 g/mol. The van der Waals surface area contributed by atoms with E-state index in [2.05, 4.69) is 15.5 Å². The van der Waals surface area contributed by atoms with E-state index in [9.17, 15) is 4.79 Å². The summed E-state index contributed by atoms with van der Waals surface area (Å²) in [7, 11) is 1.88. The fourth-order valence-corrected chi connectivity index (χ4v) is 1.87. The minimum absolute atomic E-state index is 0.0372. The van der Waals surface area contributed by atoms with Crippen LogP contribution >= 0.6 is 0 Å². The van der Waals surface area contributed by atoms with Crippen molar-refractivity contribution in [3.8, 4) is 11.4 Å². The van der Waals surface area contributed by atoms with Crippen molar-refractivity contribution in [2.75, 3.05) is 11.9 Å². The van der Waals surface area contributed by atoms with Gasteiger partial charge in [-0.2, -0.15) is 0 Å². The largest absolute Gasteiger partial charge is 0.396 e. The number of nitrogens with one attached hydrogen (secondary N) is 1. The third-order valence-electron chi connectivity index (χ3n) is 2.95. The predicted molar refractivity (Wildman–Crippen MR) is 76.0 cm³/mol. The molecule has 106 valence electrons. The number of hydrogen-bond donors (Lipinski definition) is 2. The van der Waals surface area contributed by atoms with E-state index < -0.39 is 0 Å². The third kappa shape index (κ3) is 3.64. The first kappa shape index (κ1) is 14.2. The number of aromatic nitrogens is 3. The van der Waals surface area contributed by atoms with E-state index in [-0.39, 0.29) is 12.5 Å². The molecule has 2 N–H and O–H groups in total. The van der Waals surface area contributed by atoms with Crippen LogP contribution < -0.4 is 5.32 Å². The van der Waals surface area contributed by atoms with Gasteiger partial charge in [-0.3, -0.25) is 4.79 Å². The number of hydrogen-bond acceptors (Lipinski definition) is 4. The van der Waals surface area contributed by atoms with E-state index in [1.807, 2.05) is 35.9 Å². The lowest BCUT2D eigenvalue weighted by atomic mass is 10.2. The molecule has 2 rings (SSSR count). The zero-order valence-electron chi connectivity index (χ0n) is 11.4. The molecule has 6 nitrogen and oxygen atoms in total. The second-order valence-corrected chi connectivity index (χ2v) is 4.57. The fraction of sp³-hybridized carbons (Fsp3) is 0.357. The first-order valence-corrected chi connectivity index (χ1v) is 6.56. The van der Waals surface area contributed by atoms with E-state index in [4.69, 9.17) is 5.11 Å². The second-order valence-electron chi connectivity index (χ2n) is 4.57. The number of aryl methyl sites for hydroxylation is 1. The molecule has 2 aromatic rings.